The molecule has 0 aromatic heterocycles. The fraction of sp³-hybridized carbons (Fsp3) is 0.333. The number of rotatable bonds is 5. The first-order valence-corrected chi connectivity index (χ1v) is 5.83. The molecule has 0 amide bonds. The van der Waals surface area contributed by atoms with E-state index in [0.29, 0.717) is 22.9 Å². The Hall–Kier alpha value is -0.890. The summed E-state index contributed by atoms with van der Waals surface area (Å²) < 4.78 is 14.2. The van der Waals surface area contributed by atoms with E-state index < -0.39 is 0 Å². The minimum Gasteiger partial charge on any atom is -0.271 e. The first-order valence-electron chi connectivity index (χ1n) is 5.04. The van der Waals surface area contributed by atoms with Gasteiger partial charge in [0.25, 0.3) is 0 Å². The van der Waals surface area contributed by atoms with Crippen LogP contribution in [0.4, 0.5) is 4.39 Å². The lowest BCUT2D eigenvalue weighted by atomic mass is 10.0. The SMILES string of the molecule is C#CCCCC(NN)c1cccc(Br)c1F. The van der Waals surface area contributed by atoms with Gasteiger partial charge in [-0.05, 0) is 34.8 Å². The van der Waals surface area contributed by atoms with Crippen LogP contribution in [0.15, 0.2) is 22.7 Å². The van der Waals surface area contributed by atoms with E-state index in [2.05, 4.69) is 27.3 Å². The third kappa shape index (κ3) is 3.31. The summed E-state index contributed by atoms with van der Waals surface area (Å²) in [4.78, 5) is 0. The number of nitrogens with one attached hydrogen (secondary N) is 1. The van der Waals surface area contributed by atoms with E-state index >= 15 is 0 Å². The van der Waals surface area contributed by atoms with Crippen molar-refractivity contribution in [3.05, 3.63) is 34.1 Å². The summed E-state index contributed by atoms with van der Waals surface area (Å²) in [6.45, 7) is 0. The molecule has 0 heterocycles. The van der Waals surface area contributed by atoms with Crippen LogP contribution in [0, 0.1) is 18.2 Å². The fourth-order valence-corrected chi connectivity index (χ4v) is 1.91. The van der Waals surface area contributed by atoms with Crippen LogP contribution < -0.4 is 11.3 Å². The number of halogens is 2. The molecule has 0 bridgehead atoms. The maximum atomic E-state index is 13.8. The number of hydrazine groups is 1. The Morgan fingerprint density at radius 2 is 2.31 bits per heavy atom. The van der Waals surface area contributed by atoms with E-state index in [-0.39, 0.29) is 11.9 Å². The summed E-state index contributed by atoms with van der Waals surface area (Å²) in [6.07, 6.45) is 7.37. The van der Waals surface area contributed by atoms with Crippen molar-refractivity contribution in [2.45, 2.75) is 25.3 Å². The number of hydrogen-bond donors (Lipinski definition) is 2. The van der Waals surface area contributed by atoms with Gasteiger partial charge in [0.05, 0.1) is 4.47 Å². The molecular weight excluding hydrogens is 271 g/mol. The van der Waals surface area contributed by atoms with Gasteiger partial charge in [0.1, 0.15) is 5.82 Å². The van der Waals surface area contributed by atoms with Gasteiger partial charge >= 0.3 is 0 Å². The highest BCUT2D eigenvalue weighted by Crippen LogP contribution is 2.26. The Labute approximate surface area is 104 Å². The Morgan fingerprint density at radius 1 is 1.56 bits per heavy atom. The van der Waals surface area contributed by atoms with E-state index in [0.717, 1.165) is 6.42 Å². The molecule has 0 aliphatic rings. The topological polar surface area (TPSA) is 38.0 Å². The third-order valence-electron chi connectivity index (χ3n) is 2.37. The first kappa shape index (κ1) is 13.2. The Bertz CT molecular complexity index is 387. The molecule has 0 saturated heterocycles. The molecule has 2 nitrogen and oxygen atoms in total. The Balaban J connectivity index is 2.79. The standard InChI is InChI=1S/C12H14BrFN2/c1-2-3-4-8-11(16-15)9-6-5-7-10(13)12(9)14/h1,5-7,11,16H,3-4,8,15H2. The van der Waals surface area contributed by atoms with Gasteiger partial charge in [-0.15, -0.1) is 12.3 Å². The highest BCUT2D eigenvalue weighted by atomic mass is 79.9. The molecule has 4 heteroatoms. The average Bonchev–Trinajstić information content (AvgIpc) is 2.29. The highest BCUT2D eigenvalue weighted by molar-refractivity contribution is 9.10. The second-order valence-corrected chi connectivity index (χ2v) is 4.31. The number of hydrogen-bond acceptors (Lipinski definition) is 2. The monoisotopic (exact) mass is 284 g/mol. The van der Waals surface area contributed by atoms with E-state index in [1.165, 1.54) is 0 Å². The summed E-state index contributed by atoms with van der Waals surface area (Å²) in [5, 5.41) is 0. The summed E-state index contributed by atoms with van der Waals surface area (Å²) in [5.41, 5.74) is 3.18. The minimum atomic E-state index is -0.272. The zero-order chi connectivity index (χ0) is 12.0. The van der Waals surface area contributed by atoms with Gasteiger partial charge in [0.15, 0.2) is 0 Å². The van der Waals surface area contributed by atoms with Crippen LogP contribution in [-0.2, 0) is 0 Å². The fourth-order valence-electron chi connectivity index (χ4n) is 1.53. The van der Waals surface area contributed by atoms with Crippen molar-refractivity contribution in [3.63, 3.8) is 0 Å². The van der Waals surface area contributed by atoms with Crippen molar-refractivity contribution in [3.8, 4) is 12.3 Å². The van der Waals surface area contributed by atoms with Gasteiger partial charge in [0.2, 0.25) is 0 Å². The zero-order valence-electron chi connectivity index (χ0n) is 8.84. The van der Waals surface area contributed by atoms with Gasteiger partial charge < -0.3 is 0 Å². The van der Waals surface area contributed by atoms with E-state index in [4.69, 9.17) is 12.3 Å². The summed E-state index contributed by atoms with van der Waals surface area (Å²) in [6, 6.07) is 4.97. The smallest absolute Gasteiger partial charge is 0.142 e. The van der Waals surface area contributed by atoms with Gasteiger partial charge in [-0.2, -0.15) is 0 Å². The number of unbranched alkanes of at least 4 members (excludes halogenated alkanes) is 1. The number of benzene rings is 1. The molecule has 1 atom stereocenters. The quantitative estimate of drug-likeness (QED) is 0.378. The van der Waals surface area contributed by atoms with Crippen LogP contribution >= 0.6 is 15.9 Å². The van der Waals surface area contributed by atoms with Crippen molar-refractivity contribution in [1.29, 1.82) is 0 Å². The molecule has 0 fully saturated rings. The van der Waals surface area contributed by atoms with Crippen LogP contribution in [0.5, 0.6) is 0 Å². The lowest BCUT2D eigenvalue weighted by Gasteiger charge is -2.16. The normalized spacial score (nSPS) is 12.1. The van der Waals surface area contributed by atoms with Crippen molar-refractivity contribution in [1.82, 2.24) is 5.43 Å². The van der Waals surface area contributed by atoms with E-state index in [1.54, 1.807) is 18.2 Å². The van der Waals surface area contributed by atoms with Crippen LogP contribution in [-0.4, -0.2) is 0 Å². The molecule has 0 spiro atoms. The Morgan fingerprint density at radius 3 is 2.94 bits per heavy atom. The molecule has 3 N–H and O–H groups in total. The number of nitrogens with two attached hydrogens (primary N) is 1. The van der Waals surface area contributed by atoms with Gasteiger partial charge in [-0.1, -0.05) is 12.1 Å². The molecule has 1 unspecified atom stereocenters. The predicted molar refractivity (Wildman–Crippen MR) is 66.8 cm³/mol. The van der Waals surface area contributed by atoms with Crippen LogP contribution in [0.25, 0.3) is 0 Å². The second-order valence-electron chi connectivity index (χ2n) is 3.46. The van der Waals surface area contributed by atoms with Gasteiger partial charge in [-0.25, -0.2) is 4.39 Å². The molecule has 1 aromatic rings. The van der Waals surface area contributed by atoms with Crippen molar-refractivity contribution < 1.29 is 4.39 Å². The van der Waals surface area contributed by atoms with E-state index in [1.807, 2.05) is 0 Å². The molecule has 1 aromatic carbocycles. The number of terminal acetylenes is 1. The molecular formula is C12H14BrFN2. The Kier molecular flexibility index (Phi) is 5.47. The van der Waals surface area contributed by atoms with Crippen LogP contribution in [0.3, 0.4) is 0 Å². The minimum absolute atomic E-state index is 0.203. The van der Waals surface area contributed by atoms with Crippen molar-refractivity contribution in [2.75, 3.05) is 0 Å². The summed E-state index contributed by atoms with van der Waals surface area (Å²) >= 11 is 3.15. The highest BCUT2D eigenvalue weighted by Gasteiger charge is 2.15. The summed E-state index contributed by atoms with van der Waals surface area (Å²) in [5.74, 6) is 7.70. The molecule has 0 aliphatic carbocycles. The van der Waals surface area contributed by atoms with Crippen molar-refractivity contribution in [2.24, 2.45) is 5.84 Å². The lowest BCUT2D eigenvalue weighted by Crippen LogP contribution is -2.28. The molecule has 86 valence electrons. The average molecular weight is 285 g/mol. The lowest BCUT2D eigenvalue weighted by molar-refractivity contribution is 0.474. The molecule has 0 saturated carbocycles. The summed E-state index contributed by atoms with van der Waals surface area (Å²) in [7, 11) is 0. The van der Waals surface area contributed by atoms with Gasteiger partial charge in [0, 0.05) is 18.0 Å². The molecule has 1 rings (SSSR count). The van der Waals surface area contributed by atoms with Crippen LogP contribution in [0.2, 0.25) is 0 Å². The third-order valence-corrected chi connectivity index (χ3v) is 2.98. The van der Waals surface area contributed by atoms with E-state index in [9.17, 15) is 4.39 Å². The van der Waals surface area contributed by atoms with Gasteiger partial charge in [-0.3, -0.25) is 11.3 Å². The maximum absolute atomic E-state index is 13.8. The largest absolute Gasteiger partial charge is 0.271 e. The molecule has 0 aliphatic heterocycles. The van der Waals surface area contributed by atoms with Crippen LogP contribution in [0.1, 0.15) is 30.9 Å². The second kappa shape index (κ2) is 6.64. The first-order chi connectivity index (χ1) is 7.70. The molecule has 16 heavy (non-hydrogen) atoms. The maximum Gasteiger partial charge on any atom is 0.142 e. The molecule has 0 radical (unpaired) electrons. The van der Waals surface area contributed by atoms with Crippen molar-refractivity contribution >= 4 is 15.9 Å². The predicted octanol–water partition coefficient (Wildman–Crippen LogP) is 2.90. The zero-order valence-corrected chi connectivity index (χ0v) is 10.4.